The molecule has 1 N–H and O–H groups in total. The molecule has 0 amide bonds. The average molecular weight is 152 g/mol. The number of aliphatic hydroxyl groups is 1. The summed E-state index contributed by atoms with van der Waals surface area (Å²) >= 11 is 0. The standard InChI is InChI=1S/C9H9FO/c1-2-9(11)7-3-5-8(10)6-4-7/h2-6,9,11H,1H2. The van der Waals surface area contributed by atoms with E-state index in [-0.39, 0.29) is 5.82 Å². The van der Waals surface area contributed by atoms with Gasteiger partial charge in [-0.3, -0.25) is 0 Å². The molecule has 0 radical (unpaired) electrons. The first kappa shape index (κ1) is 7.95. The maximum Gasteiger partial charge on any atom is 0.123 e. The van der Waals surface area contributed by atoms with Crippen molar-refractivity contribution in [2.45, 2.75) is 6.10 Å². The fourth-order valence-corrected chi connectivity index (χ4v) is 0.796. The smallest absolute Gasteiger partial charge is 0.123 e. The summed E-state index contributed by atoms with van der Waals surface area (Å²) in [6.45, 7) is 3.42. The van der Waals surface area contributed by atoms with Crippen LogP contribution in [0.1, 0.15) is 11.7 Å². The Hall–Kier alpha value is -1.15. The third kappa shape index (κ3) is 1.88. The monoisotopic (exact) mass is 152 g/mol. The van der Waals surface area contributed by atoms with E-state index in [2.05, 4.69) is 6.58 Å². The minimum Gasteiger partial charge on any atom is -0.384 e. The molecule has 1 aromatic carbocycles. The molecule has 1 unspecified atom stereocenters. The first-order valence-electron chi connectivity index (χ1n) is 3.30. The zero-order valence-corrected chi connectivity index (χ0v) is 6.00. The Bertz CT molecular complexity index is 240. The second-order valence-corrected chi connectivity index (χ2v) is 2.23. The Balaban J connectivity index is 2.89. The molecule has 0 spiro atoms. The van der Waals surface area contributed by atoms with Crippen molar-refractivity contribution in [3.63, 3.8) is 0 Å². The molecule has 11 heavy (non-hydrogen) atoms. The Kier molecular flexibility index (Phi) is 2.39. The first-order valence-corrected chi connectivity index (χ1v) is 3.30. The molecule has 1 aromatic rings. The molecule has 1 nitrogen and oxygen atoms in total. The number of benzene rings is 1. The highest BCUT2D eigenvalue weighted by atomic mass is 19.1. The molecular formula is C9H9FO. The molecule has 0 saturated carbocycles. The van der Waals surface area contributed by atoms with Gasteiger partial charge in [-0.15, -0.1) is 6.58 Å². The van der Waals surface area contributed by atoms with Gasteiger partial charge in [-0.25, -0.2) is 4.39 Å². The van der Waals surface area contributed by atoms with E-state index in [0.717, 1.165) is 0 Å². The third-order valence-electron chi connectivity index (χ3n) is 1.43. The van der Waals surface area contributed by atoms with Gasteiger partial charge in [0.15, 0.2) is 0 Å². The van der Waals surface area contributed by atoms with Crippen LogP contribution in [0, 0.1) is 5.82 Å². The van der Waals surface area contributed by atoms with Crippen LogP contribution < -0.4 is 0 Å². The lowest BCUT2D eigenvalue weighted by Gasteiger charge is -2.03. The fraction of sp³-hybridized carbons (Fsp3) is 0.111. The molecule has 1 rings (SSSR count). The summed E-state index contributed by atoms with van der Waals surface area (Å²) < 4.78 is 12.3. The summed E-state index contributed by atoms with van der Waals surface area (Å²) in [6.07, 6.45) is 0.698. The van der Waals surface area contributed by atoms with E-state index < -0.39 is 6.10 Å². The van der Waals surface area contributed by atoms with Crippen LogP contribution in [-0.4, -0.2) is 5.11 Å². The number of hydrogen-bond acceptors (Lipinski definition) is 1. The van der Waals surface area contributed by atoms with Crippen LogP contribution in [-0.2, 0) is 0 Å². The summed E-state index contributed by atoms with van der Waals surface area (Å²) in [5.74, 6) is -0.301. The molecule has 1 atom stereocenters. The number of rotatable bonds is 2. The summed E-state index contributed by atoms with van der Waals surface area (Å²) in [4.78, 5) is 0. The number of halogens is 1. The van der Waals surface area contributed by atoms with Crippen molar-refractivity contribution in [1.82, 2.24) is 0 Å². The molecule has 2 heteroatoms. The minimum atomic E-state index is -0.699. The summed E-state index contributed by atoms with van der Waals surface area (Å²) in [6, 6.07) is 5.67. The van der Waals surface area contributed by atoms with E-state index in [4.69, 9.17) is 0 Å². The Morgan fingerprint density at radius 3 is 2.36 bits per heavy atom. The highest BCUT2D eigenvalue weighted by molar-refractivity contribution is 5.20. The van der Waals surface area contributed by atoms with E-state index >= 15 is 0 Å². The first-order chi connectivity index (χ1) is 5.24. The lowest BCUT2D eigenvalue weighted by molar-refractivity contribution is 0.229. The van der Waals surface area contributed by atoms with Gasteiger partial charge in [0.1, 0.15) is 5.82 Å². The highest BCUT2D eigenvalue weighted by Gasteiger charge is 2.00. The second-order valence-electron chi connectivity index (χ2n) is 2.23. The Morgan fingerprint density at radius 2 is 1.91 bits per heavy atom. The number of hydrogen-bond donors (Lipinski definition) is 1. The van der Waals surface area contributed by atoms with Crippen LogP contribution in [0.5, 0.6) is 0 Å². The van der Waals surface area contributed by atoms with Gasteiger partial charge in [0.05, 0.1) is 6.10 Å². The maximum atomic E-state index is 12.3. The topological polar surface area (TPSA) is 20.2 Å². The normalized spacial score (nSPS) is 12.5. The van der Waals surface area contributed by atoms with Crippen molar-refractivity contribution in [2.75, 3.05) is 0 Å². The molecule has 58 valence electrons. The Morgan fingerprint density at radius 1 is 1.36 bits per heavy atom. The Labute approximate surface area is 64.8 Å². The molecule has 0 aliphatic carbocycles. The second kappa shape index (κ2) is 3.30. The lowest BCUT2D eigenvalue weighted by Crippen LogP contribution is -1.91. The molecule has 0 aromatic heterocycles. The third-order valence-corrected chi connectivity index (χ3v) is 1.43. The average Bonchev–Trinajstić information content (AvgIpc) is 2.05. The van der Waals surface area contributed by atoms with Crippen LogP contribution in [0.3, 0.4) is 0 Å². The summed E-state index contributed by atoms with van der Waals surface area (Å²) in [5.41, 5.74) is 0.654. The summed E-state index contributed by atoms with van der Waals surface area (Å²) in [7, 11) is 0. The SMILES string of the molecule is C=CC(O)c1ccc(F)cc1. The van der Waals surface area contributed by atoms with Gasteiger partial charge in [0.25, 0.3) is 0 Å². The molecule has 0 bridgehead atoms. The van der Waals surface area contributed by atoms with Crippen LogP contribution in [0.2, 0.25) is 0 Å². The van der Waals surface area contributed by atoms with Gasteiger partial charge in [-0.2, -0.15) is 0 Å². The van der Waals surface area contributed by atoms with Crippen molar-refractivity contribution >= 4 is 0 Å². The highest BCUT2D eigenvalue weighted by Crippen LogP contribution is 2.13. The lowest BCUT2D eigenvalue weighted by atomic mass is 10.1. The van der Waals surface area contributed by atoms with Crippen molar-refractivity contribution in [2.24, 2.45) is 0 Å². The van der Waals surface area contributed by atoms with Crippen LogP contribution in [0.15, 0.2) is 36.9 Å². The van der Waals surface area contributed by atoms with Crippen molar-refractivity contribution < 1.29 is 9.50 Å². The number of aliphatic hydroxyl groups excluding tert-OH is 1. The van der Waals surface area contributed by atoms with Crippen LogP contribution >= 0.6 is 0 Å². The minimum absolute atomic E-state index is 0.301. The maximum absolute atomic E-state index is 12.3. The van der Waals surface area contributed by atoms with Crippen molar-refractivity contribution in [1.29, 1.82) is 0 Å². The van der Waals surface area contributed by atoms with Gasteiger partial charge < -0.3 is 5.11 Å². The van der Waals surface area contributed by atoms with Gasteiger partial charge in [0, 0.05) is 0 Å². The predicted octanol–water partition coefficient (Wildman–Crippen LogP) is 2.05. The van der Waals surface area contributed by atoms with E-state index in [1.54, 1.807) is 0 Å². The molecule has 0 heterocycles. The molecule has 0 fully saturated rings. The van der Waals surface area contributed by atoms with E-state index in [0.29, 0.717) is 5.56 Å². The molecular weight excluding hydrogens is 143 g/mol. The van der Waals surface area contributed by atoms with Crippen molar-refractivity contribution in [3.8, 4) is 0 Å². The van der Waals surface area contributed by atoms with E-state index in [1.807, 2.05) is 0 Å². The summed E-state index contributed by atoms with van der Waals surface area (Å²) in [5, 5.41) is 9.18. The van der Waals surface area contributed by atoms with Crippen LogP contribution in [0.25, 0.3) is 0 Å². The molecule has 0 saturated heterocycles. The van der Waals surface area contributed by atoms with Gasteiger partial charge in [0.2, 0.25) is 0 Å². The van der Waals surface area contributed by atoms with E-state index in [1.165, 1.54) is 30.3 Å². The van der Waals surface area contributed by atoms with Gasteiger partial charge in [-0.1, -0.05) is 18.2 Å². The molecule has 0 aliphatic heterocycles. The molecule has 0 aliphatic rings. The van der Waals surface area contributed by atoms with Gasteiger partial charge >= 0.3 is 0 Å². The zero-order chi connectivity index (χ0) is 8.27. The quantitative estimate of drug-likeness (QED) is 0.643. The largest absolute Gasteiger partial charge is 0.384 e. The van der Waals surface area contributed by atoms with Gasteiger partial charge in [-0.05, 0) is 17.7 Å². The zero-order valence-electron chi connectivity index (χ0n) is 6.00. The fourth-order valence-electron chi connectivity index (χ4n) is 0.796. The van der Waals surface area contributed by atoms with E-state index in [9.17, 15) is 9.50 Å². The predicted molar refractivity (Wildman–Crippen MR) is 41.6 cm³/mol. The van der Waals surface area contributed by atoms with Crippen molar-refractivity contribution in [3.05, 3.63) is 48.3 Å². The van der Waals surface area contributed by atoms with Crippen LogP contribution in [0.4, 0.5) is 4.39 Å².